The molecule has 0 fully saturated rings. The van der Waals surface area contributed by atoms with Crippen LogP contribution in [-0.4, -0.2) is 84.3 Å². The highest BCUT2D eigenvalue weighted by Crippen LogP contribution is 2.28. The predicted octanol–water partition coefficient (Wildman–Crippen LogP) is 1.82. The van der Waals surface area contributed by atoms with Gasteiger partial charge in [0, 0.05) is 23.9 Å². The molecule has 0 aliphatic heterocycles. The van der Waals surface area contributed by atoms with Crippen molar-refractivity contribution in [1.82, 2.24) is 9.97 Å². The van der Waals surface area contributed by atoms with Crippen LogP contribution in [0.4, 0.5) is 0 Å². The van der Waals surface area contributed by atoms with E-state index in [1.54, 1.807) is 55.6 Å². The number of carboxylic acids is 1. The summed E-state index contributed by atoms with van der Waals surface area (Å²) in [6.45, 7) is 0.176. The molecule has 0 unspecified atom stereocenters. The van der Waals surface area contributed by atoms with Gasteiger partial charge in [-0.25, -0.2) is 33.8 Å². The average Bonchev–Trinajstić information content (AvgIpc) is 2.93. The summed E-state index contributed by atoms with van der Waals surface area (Å²) in [5.41, 5.74) is 0. The number of hydrogen-bond donors (Lipinski definition) is 2. The number of carboxylic acid groups (broad SMARTS) is 1. The van der Waals surface area contributed by atoms with E-state index in [0.29, 0.717) is 12.4 Å². The zero-order valence-corrected chi connectivity index (χ0v) is 23.8. The van der Waals surface area contributed by atoms with E-state index in [1.807, 2.05) is 36.4 Å². The lowest BCUT2D eigenvalue weighted by Crippen LogP contribution is -2.12. The lowest BCUT2D eigenvalue weighted by molar-refractivity contribution is -0.325. The summed E-state index contributed by atoms with van der Waals surface area (Å²) in [6, 6.07) is 11.5. The maximum absolute atomic E-state index is 10.9. The highest BCUT2D eigenvalue weighted by atomic mass is 33.1. The van der Waals surface area contributed by atoms with Gasteiger partial charge >= 0.3 is 11.9 Å². The molecule has 0 aliphatic rings. The Morgan fingerprint density at radius 2 is 1.35 bits per heavy atom. The quantitative estimate of drug-likeness (QED) is 0.148. The molecule has 37 heavy (non-hydrogen) atoms. The van der Waals surface area contributed by atoms with Crippen LogP contribution in [0, 0.1) is 14.2 Å². The van der Waals surface area contributed by atoms with Gasteiger partial charge in [-0.05, 0) is 45.9 Å². The maximum Gasteiger partial charge on any atom is 0.329 e. The first-order valence-electron chi connectivity index (χ1n) is 9.98. The van der Waals surface area contributed by atoms with Crippen molar-refractivity contribution in [2.75, 3.05) is 52.2 Å². The van der Waals surface area contributed by atoms with Gasteiger partial charge in [-0.2, -0.15) is 14.2 Å². The SMILES string of the molecule is C[O-].C[O-].OCCSSc1ccccn1.[CH2-]OCC(=O)O.[CH2-]OCC(=O)OCCSSc1ccccn1. The van der Waals surface area contributed by atoms with E-state index >= 15 is 0 Å². The first-order chi connectivity index (χ1) is 18.0. The lowest BCUT2D eigenvalue weighted by atomic mass is 10.5. The van der Waals surface area contributed by atoms with Crippen molar-refractivity contribution in [3.63, 3.8) is 0 Å². The van der Waals surface area contributed by atoms with Gasteiger partial charge in [-0.3, -0.25) is 0 Å². The van der Waals surface area contributed by atoms with E-state index in [-0.39, 0.29) is 19.8 Å². The normalized spacial score (nSPS) is 8.95. The molecule has 0 radical (unpaired) electrons. The number of carbonyl (C=O) groups excluding carboxylic acids is 1. The summed E-state index contributed by atoms with van der Waals surface area (Å²) in [6.07, 6.45) is 3.51. The summed E-state index contributed by atoms with van der Waals surface area (Å²) in [5.74, 6) is 0.0779. The molecule has 212 valence electrons. The van der Waals surface area contributed by atoms with Crippen molar-refractivity contribution >= 4 is 55.1 Å². The fourth-order valence-electron chi connectivity index (χ4n) is 1.44. The van der Waals surface area contributed by atoms with E-state index in [4.69, 9.17) is 25.2 Å². The molecule has 0 atom stereocenters. The Morgan fingerprint density at radius 3 is 1.70 bits per heavy atom. The number of ether oxygens (including phenoxy) is 3. The van der Waals surface area contributed by atoms with Crippen molar-refractivity contribution in [2.45, 2.75) is 10.1 Å². The number of aromatic nitrogens is 2. The molecule has 11 nitrogen and oxygen atoms in total. The van der Waals surface area contributed by atoms with Gasteiger partial charge in [0.05, 0.1) is 6.61 Å². The van der Waals surface area contributed by atoms with Gasteiger partial charge in [0.25, 0.3) is 0 Å². The summed E-state index contributed by atoms with van der Waals surface area (Å²) in [7, 11) is 13.8. The number of esters is 1. The van der Waals surface area contributed by atoms with Gasteiger partial charge in [0.15, 0.2) is 0 Å². The van der Waals surface area contributed by atoms with Crippen LogP contribution >= 0.6 is 43.2 Å². The van der Waals surface area contributed by atoms with Crippen molar-refractivity contribution in [3.05, 3.63) is 63.0 Å². The second kappa shape index (κ2) is 34.4. The molecule has 0 aromatic carbocycles. The smallest absolute Gasteiger partial charge is 0.329 e. The Labute approximate surface area is 233 Å². The Hall–Kier alpha value is -1.56. The van der Waals surface area contributed by atoms with Gasteiger partial charge in [-0.1, -0.05) is 33.7 Å². The molecule has 0 saturated heterocycles. The molecule has 2 N–H and O–H groups in total. The van der Waals surface area contributed by atoms with Crippen molar-refractivity contribution in [3.8, 4) is 0 Å². The average molecular weight is 597 g/mol. The zero-order valence-electron chi connectivity index (χ0n) is 20.6. The second-order valence-electron chi connectivity index (χ2n) is 5.18. The number of carbonyl (C=O) groups is 2. The second-order valence-corrected chi connectivity index (χ2v) is 10.1. The van der Waals surface area contributed by atoms with Crippen LogP contribution in [0.3, 0.4) is 0 Å². The number of rotatable bonds is 13. The van der Waals surface area contributed by atoms with E-state index in [2.05, 4.69) is 33.7 Å². The number of hydrogen-bond acceptors (Lipinski definition) is 14. The summed E-state index contributed by atoms with van der Waals surface area (Å²) < 4.78 is 13.2. The van der Waals surface area contributed by atoms with Crippen molar-refractivity contribution in [1.29, 1.82) is 0 Å². The maximum atomic E-state index is 10.9. The molecular weight excluding hydrogens is 565 g/mol. The largest absolute Gasteiger partial charge is 0.857 e. The molecule has 0 spiro atoms. The minimum atomic E-state index is -0.995. The summed E-state index contributed by atoms with van der Waals surface area (Å²) in [5, 5.41) is 34.7. The van der Waals surface area contributed by atoms with Crippen LogP contribution in [0.1, 0.15) is 0 Å². The fourth-order valence-corrected chi connectivity index (χ4v) is 4.79. The summed E-state index contributed by atoms with van der Waals surface area (Å²) >= 11 is 0. The van der Waals surface area contributed by atoms with E-state index in [9.17, 15) is 9.59 Å². The van der Waals surface area contributed by atoms with Crippen LogP contribution in [0.2, 0.25) is 0 Å². The number of aliphatic hydroxyl groups is 1. The Balaban J connectivity index is -0.000000477. The highest BCUT2D eigenvalue weighted by Gasteiger charge is 2.00. The number of nitrogens with zero attached hydrogens (tertiary/aromatic N) is 2. The Morgan fingerprint density at radius 1 is 0.865 bits per heavy atom. The van der Waals surface area contributed by atoms with Crippen molar-refractivity contribution in [2.24, 2.45) is 0 Å². The third kappa shape index (κ3) is 32.4. The predicted molar refractivity (Wildman–Crippen MR) is 145 cm³/mol. The molecular formula is C22H32N2O9S4-4. The first-order valence-corrected chi connectivity index (χ1v) is 14.6. The number of pyridine rings is 2. The number of aliphatic carboxylic acids is 1. The van der Waals surface area contributed by atoms with Gasteiger partial charge in [0.1, 0.15) is 29.9 Å². The van der Waals surface area contributed by atoms with Gasteiger partial charge < -0.3 is 34.6 Å². The van der Waals surface area contributed by atoms with Crippen LogP contribution < -0.4 is 10.2 Å². The molecule has 0 bridgehead atoms. The van der Waals surface area contributed by atoms with E-state index in [1.165, 1.54) is 0 Å². The summed E-state index contributed by atoms with van der Waals surface area (Å²) in [4.78, 5) is 28.6. The standard InChI is InChI=1S/C10H12NO3S2.C7H9NOS2.C3H5O3.2CH3O/c1-13-8-10(12)14-6-7-15-16-9-4-2-3-5-11-9;9-5-6-10-11-7-3-1-2-4-8-7;1-6-2-3(4)5;2*1-2/h2-5H,1,6-8H2;1-4,9H,5-6H2;1-2H2,(H,4,5);2*1H3/q-1;;3*-1. The molecule has 0 aliphatic carbocycles. The van der Waals surface area contributed by atoms with Crippen LogP contribution in [0.25, 0.3) is 0 Å². The van der Waals surface area contributed by atoms with Crippen LogP contribution in [0.15, 0.2) is 58.8 Å². The van der Waals surface area contributed by atoms with Gasteiger partial charge in [0.2, 0.25) is 0 Å². The molecule has 2 rings (SSSR count). The molecule has 15 heteroatoms. The molecule has 2 aromatic heterocycles. The monoisotopic (exact) mass is 596 g/mol. The van der Waals surface area contributed by atoms with E-state index < -0.39 is 11.9 Å². The lowest BCUT2D eigenvalue weighted by Gasteiger charge is -2.05. The fraction of sp³-hybridized carbons (Fsp3) is 0.364. The molecule has 0 amide bonds. The third-order valence-corrected chi connectivity index (χ3v) is 7.09. The molecule has 0 saturated carbocycles. The van der Waals surface area contributed by atoms with E-state index in [0.717, 1.165) is 30.0 Å². The topological polar surface area (TPSA) is 174 Å². The van der Waals surface area contributed by atoms with Crippen LogP contribution in [-0.2, 0) is 23.8 Å². The van der Waals surface area contributed by atoms with Crippen LogP contribution in [0.5, 0.6) is 0 Å². The minimum absolute atomic E-state index is 0.0992. The first kappa shape index (κ1) is 39.9. The highest BCUT2D eigenvalue weighted by molar-refractivity contribution is 8.77. The zero-order chi connectivity index (χ0) is 28.6. The molecule has 2 heterocycles. The molecule has 2 aromatic rings. The Kier molecular flexibility index (Phi) is 37.2. The Bertz CT molecular complexity index is 737. The number of aliphatic hydroxyl groups excluding tert-OH is 1. The minimum Gasteiger partial charge on any atom is -0.857 e. The van der Waals surface area contributed by atoms with Gasteiger partial charge in [-0.15, -0.1) is 0 Å². The third-order valence-electron chi connectivity index (χ3n) is 2.61. The van der Waals surface area contributed by atoms with Crippen molar-refractivity contribution < 1.29 is 44.2 Å².